The Balaban J connectivity index is 2.38. The van der Waals surface area contributed by atoms with Gasteiger partial charge in [0.1, 0.15) is 0 Å². The van der Waals surface area contributed by atoms with Gasteiger partial charge in [-0.15, -0.1) is 0 Å². The fraction of sp³-hybridized carbons (Fsp3) is 0.692. The van der Waals surface area contributed by atoms with E-state index in [0.717, 1.165) is 12.1 Å². The summed E-state index contributed by atoms with van der Waals surface area (Å²) in [6.07, 6.45) is 1.33. The molecule has 1 rings (SSSR count). The van der Waals surface area contributed by atoms with Crippen LogP contribution in [0.3, 0.4) is 0 Å². The molecule has 1 aromatic heterocycles. The first kappa shape index (κ1) is 14.7. The molecule has 0 bridgehead atoms. The molecular formula is C13H23N3O2. The fourth-order valence-corrected chi connectivity index (χ4v) is 1.39. The van der Waals surface area contributed by atoms with E-state index in [1.807, 2.05) is 13.0 Å². The van der Waals surface area contributed by atoms with Gasteiger partial charge in [-0.1, -0.05) is 27.7 Å². The highest BCUT2D eigenvalue weighted by Crippen LogP contribution is 2.21. The number of anilines is 1. The van der Waals surface area contributed by atoms with Crippen molar-refractivity contribution in [2.45, 2.75) is 46.0 Å². The first-order valence-corrected chi connectivity index (χ1v) is 6.37. The number of hydrogen-bond donors (Lipinski definition) is 2. The maximum Gasteiger partial charge on any atom is 0.227 e. The average Bonchev–Trinajstić information content (AvgIpc) is 2.72. The number of rotatable bonds is 6. The van der Waals surface area contributed by atoms with Crippen LogP contribution >= 0.6 is 0 Å². The van der Waals surface area contributed by atoms with E-state index in [1.54, 1.807) is 0 Å². The van der Waals surface area contributed by atoms with E-state index in [2.05, 4.69) is 36.3 Å². The molecule has 102 valence electrons. The van der Waals surface area contributed by atoms with Crippen molar-refractivity contribution in [2.24, 2.45) is 0 Å². The molecule has 0 fully saturated rings. The molecule has 1 aromatic rings. The van der Waals surface area contributed by atoms with Crippen LogP contribution in [0.1, 0.15) is 46.2 Å². The van der Waals surface area contributed by atoms with Gasteiger partial charge in [0, 0.05) is 23.8 Å². The molecule has 0 aliphatic carbocycles. The molecule has 5 nitrogen and oxygen atoms in total. The van der Waals surface area contributed by atoms with E-state index >= 15 is 0 Å². The van der Waals surface area contributed by atoms with Gasteiger partial charge in [0.25, 0.3) is 0 Å². The second-order valence-corrected chi connectivity index (χ2v) is 5.33. The SMILES string of the molecule is CCCOCCC(=O)Nc1cc(C(C)(C)C)[nH]n1. The summed E-state index contributed by atoms with van der Waals surface area (Å²) >= 11 is 0. The van der Waals surface area contributed by atoms with E-state index in [1.165, 1.54) is 0 Å². The highest BCUT2D eigenvalue weighted by molar-refractivity contribution is 5.89. The van der Waals surface area contributed by atoms with Crippen LogP contribution in [0.25, 0.3) is 0 Å². The molecule has 0 atom stereocenters. The first-order valence-electron chi connectivity index (χ1n) is 6.37. The van der Waals surface area contributed by atoms with Crippen molar-refractivity contribution in [2.75, 3.05) is 18.5 Å². The summed E-state index contributed by atoms with van der Waals surface area (Å²) in [5, 5.41) is 9.75. The van der Waals surface area contributed by atoms with Gasteiger partial charge in [-0.3, -0.25) is 9.89 Å². The monoisotopic (exact) mass is 253 g/mol. The summed E-state index contributed by atoms with van der Waals surface area (Å²) in [5.74, 6) is 0.499. The van der Waals surface area contributed by atoms with Crippen LogP contribution in [0.5, 0.6) is 0 Å². The fourth-order valence-electron chi connectivity index (χ4n) is 1.39. The molecule has 0 aliphatic heterocycles. The first-order chi connectivity index (χ1) is 8.43. The molecule has 0 unspecified atom stereocenters. The summed E-state index contributed by atoms with van der Waals surface area (Å²) in [4.78, 5) is 11.6. The minimum absolute atomic E-state index is 0.000213. The highest BCUT2D eigenvalue weighted by Gasteiger charge is 2.17. The molecule has 0 aromatic carbocycles. The molecule has 1 amide bonds. The number of H-pyrrole nitrogens is 1. The van der Waals surface area contributed by atoms with Gasteiger partial charge in [-0.05, 0) is 6.42 Å². The lowest BCUT2D eigenvalue weighted by Gasteiger charge is -2.14. The van der Waals surface area contributed by atoms with Crippen molar-refractivity contribution in [3.8, 4) is 0 Å². The normalized spacial score (nSPS) is 11.6. The Kier molecular flexibility index (Phi) is 5.34. The Morgan fingerprint density at radius 3 is 2.72 bits per heavy atom. The Morgan fingerprint density at radius 2 is 2.17 bits per heavy atom. The van der Waals surface area contributed by atoms with Gasteiger partial charge in [0.2, 0.25) is 5.91 Å². The minimum atomic E-state index is -0.0712. The molecule has 0 spiro atoms. The van der Waals surface area contributed by atoms with E-state index in [0.29, 0.717) is 25.5 Å². The van der Waals surface area contributed by atoms with Crippen molar-refractivity contribution in [1.29, 1.82) is 0 Å². The molecule has 1 heterocycles. The van der Waals surface area contributed by atoms with Crippen molar-refractivity contribution < 1.29 is 9.53 Å². The molecule has 2 N–H and O–H groups in total. The van der Waals surface area contributed by atoms with Gasteiger partial charge in [0.15, 0.2) is 5.82 Å². The maximum atomic E-state index is 11.6. The molecule has 0 saturated carbocycles. The Hall–Kier alpha value is -1.36. The van der Waals surface area contributed by atoms with E-state index in [4.69, 9.17) is 4.74 Å². The number of ether oxygens (including phenoxy) is 1. The third-order valence-corrected chi connectivity index (χ3v) is 2.48. The van der Waals surface area contributed by atoms with Crippen LogP contribution in [0.15, 0.2) is 6.07 Å². The Bertz CT molecular complexity index is 380. The third-order valence-electron chi connectivity index (χ3n) is 2.48. The van der Waals surface area contributed by atoms with Crippen LogP contribution in [-0.2, 0) is 14.9 Å². The van der Waals surface area contributed by atoms with E-state index in [9.17, 15) is 4.79 Å². The minimum Gasteiger partial charge on any atom is -0.381 e. The lowest BCUT2D eigenvalue weighted by molar-refractivity contribution is -0.117. The predicted molar refractivity (Wildman–Crippen MR) is 71.6 cm³/mol. The lowest BCUT2D eigenvalue weighted by Crippen LogP contribution is -2.14. The van der Waals surface area contributed by atoms with Crippen molar-refractivity contribution in [3.63, 3.8) is 0 Å². The molecular weight excluding hydrogens is 230 g/mol. The number of carbonyl (C=O) groups is 1. The second kappa shape index (κ2) is 6.54. The zero-order valence-electron chi connectivity index (χ0n) is 11.7. The second-order valence-electron chi connectivity index (χ2n) is 5.33. The predicted octanol–water partition coefficient (Wildman–Crippen LogP) is 2.46. The van der Waals surface area contributed by atoms with E-state index < -0.39 is 0 Å². The summed E-state index contributed by atoms with van der Waals surface area (Å²) in [5.41, 5.74) is 1.00. The van der Waals surface area contributed by atoms with Crippen molar-refractivity contribution in [3.05, 3.63) is 11.8 Å². The van der Waals surface area contributed by atoms with Crippen LogP contribution < -0.4 is 5.32 Å². The third kappa shape index (κ3) is 4.87. The number of nitrogens with zero attached hydrogens (tertiary/aromatic N) is 1. The van der Waals surface area contributed by atoms with Crippen LogP contribution in [0.2, 0.25) is 0 Å². The zero-order chi connectivity index (χ0) is 13.6. The lowest BCUT2D eigenvalue weighted by atomic mass is 9.92. The summed E-state index contributed by atoms with van der Waals surface area (Å²) in [7, 11) is 0. The van der Waals surface area contributed by atoms with Crippen LogP contribution in [0, 0.1) is 0 Å². The molecule has 5 heteroatoms. The van der Waals surface area contributed by atoms with Gasteiger partial charge in [0.05, 0.1) is 13.0 Å². The van der Waals surface area contributed by atoms with Gasteiger partial charge in [-0.2, -0.15) is 5.10 Å². The number of nitrogens with one attached hydrogen (secondary N) is 2. The standard InChI is InChI=1S/C13H23N3O2/c1-5-7-18-8-6-12(17)14-11-9-10(15-16-11)13(2,3)4/h9H,5-8H2,1-4H3,(H2,14,15,16,17). The molecule has 0 aliphatic rings. The molecule has 0 saturated heterocycles. The largest absolute Gasteiger partial charge is 0.381 e. The Morgan fingerprint density at radius 1 is 1.44 bits per heavy atom. The number of amides is 1. The number of carbonyl (C=O) groups excluding carboxylic acids is 1. The molecule has 0 radical (unpaired) electrons. The number of hydrogen-bond acceptors (Lipinski definition) is 3. The van der Waals surface area contributed by atoms with Crippen molar-refractivity contribution in [1.82, 2.24) is 10.2 Å². The quantitative estimate of drug-likeness (QED) is 0.765. The highest BCUT2D eigenvalue weighted by atomic mass is 16.5. The number of aromatic amines is 1. The smallest absolute Gasteiger partial charge is 0.227 e. The zero-order valence-corrected chi connectivity index (χ0v) is 11.7. The van der Waals surface area contributed by atoms with Gasteiger partial charge < -0.3 is 10.1 Å². The summed E-state index contributed by atoms with van der Waals surface area (Å²) in [6.45, 7) is 9.46. The van der Waals surface area contributed by atoms with Gasteiger partial charge in [-0.25, -0.2) is 0 Å². The number of aromatic nitrogens is 2. The topological polar surface area (TPSA) is 67.0 Å². The summed E-state index contributed by atoms with van der Waals surface area (Å²) in [6, 6.07) is 1.87. The summed E-state index contributed by atoms with van der Waals surface area (Å²) < 4.78 is 5.26. The maximum absolute atomic E-state index is 11.6. The Labute approximate surface area is 108 Å². The van der Waals surface area contributed by atoms with E-state index in [-0.39, 0.29) is 11.3 Å². The van der Waals surface area contributed by atoms with Crippen LogP contribution in [-0.4, -0.2) is 29.3 Å². The van der Waals surface area contributed by atoms with Crippen LogP contribution in [0.4, 0.5) is 5.82 Å². The van der Waals surface area contributed by atoms with Gasteiger partial charge >= 0.3 is 0 Å². The molecule has 18 heavy (non-hydrogen) atoms. The van der Waals surface area contributed by atoms with Crippen molar-refractivity contribution >= 4 is 11.7 Å². The average molecular weight is 253 g/mol.